The Morgan fingerprint density at radius 2 is 1.86 bits per heavy atom. The number of hydrazone groups is 1. The number of carbonyl (C=O) groups is 1. The van der Waals surface area contributed by atoms with E-state index in [-0.39, 0.29) is 5.91 Å². The molecule has 0 spiro atoms. The first-order valence-electron chi connectivity index (χ1n) is 7.57. The van der Waals surface area contributed by atoms with Crippen molar-refractivity contribution in [2.45, 2.75) is 20.8 Å². The van der Waals surface area contributed by atoms with Crippen LogP contribution in [0.15, 0.2) is 35.1 Å². The van der Waals surface area contributed by atoms with Gasteiger partial charge in [0.25, 0.3) is 5.91 Å². The molecule has 2 aliphatic heterocycles. The Hall–Kier alpha value is -2.14. The molecule has 0 saturated carbocycles. The molecule has 1 amide bonds. The number of rotatable bonds is 2. The van der Waals surface area contributed by atoms with E-state index in [0.717, 1.165) is 30.1 Å². The number of ether oxygens (including phenoxy) is 1. The fourth-order valence-electron chi connectivity index (χ4n) is 2.59. The molecule has 0 N–H and O–H groups in total. The molecule has 116 valence electrons. The van der Waals surface area contributed by atoms with Crippen molar-refractivity contribution in [1.29, 1.82) is 0 Å². The first-order chi connectivity index (χ1) is 10.6. The fourth-order valence-corrected chi connectivity index (χ4v) is 2.59. The van der Waals surface area contributed by atoms with E-state index in [0.29, 0.717) is 18.8 Å². The highest BCUT2D eigenvalue weighted by Gasteiger charge is 2.29. The molecule has 5 heteroatoms. The minimum Gasteiger partial charge on any atom is -0.378 e. The predicted octanol–water partition coefficient (Wildman–Crippen LogP) is 2.24. The monoisotopic (exact) mass is 299 g/mol. The summed E-state index contributed by atoms with van der Waals surface area (Å²) in [7, 11) is 0. The van der Waals surface area contributed by atoms with Crippen LogP contribution in [0.1, 0.15) is 18.1 Å². The van der Waals surface area contributed by atoms with Crippen molar-refractivity contribution in [2.24, 2.45) is 5.10 Å². The first kappa shape index (κ1) is 14.8. The van der Waals surface area contributed by atoms with Gasteiger partial charge in [-0.15, -0.1) is 0 Å². The molecule has 0 aromatic heterocycles. The van der Waals surface area contributed by atoms with Gasteiger partial charge in [-0.25, -0.2) is 0 Å². The Balaban J connectivity index is 1.85. The van der Waals surface area contributed by atoms with Gasteiger partial charge in [-0.3, -0.25) is 4.79 Å². The van der Waals surface area contributed by atoms with Gasteiger partial charge in [0.15, 0.2) is 0 Å². The van der Waals surface area contributed by atoms with Gasteiger partial charge in [0, 0.05) is 19.3 Å². The lowest BCUT2D eigenvalue weighted by atomic mass is 10.1. The van der Waals surface area contributed by atoms with E-state index in [2.05, 4.69) is 16.9 Å². The lowest BCUT2D eigenvalue weighted by Crippen LogP contribution is -2.33. The van der Waals surface area contributed by atoms with E-state index in [1.165, 1.54) is 10.6 Å². The van der Waals surface area contributed by atoms with Gasteiger partial charge in [-0.2, -0.15) is 10.1 Å². The highest BCUT2D eigenvalue weighted by molar-refractivity contribution is 6.29. The van der Waals surface area contributed by atoms with Crippen molar-refractivity contribution in [1.82, 2.24) is 4.90 Å². The Morgan fingerprint density at radius 3 is 2.55 bits per heavy atom. The largest absolute Gasteiger partial charge is 0.378 e. The zero-order chi connectivity index (χ0) is 15.7. The van der Waals surface area contributed by atoms with Crippen molar-refractivity contribution in [3.8, 4) is 0 Å². The van der Waals surface area contributed by atoms with Crippen LogP contribution >= 0.6 is 0 Å². The number of anilines is 1. The molecule has 0 unspecified atom stereocenters. The fraction of sp³-hybridized carbons (Fsp3) is 0.412. The highest BCUT2D eigenvalue weighted by atomic mass is 16.5. The molecule has 0 radical (unpaired) electrons. The Bertz CT molecular complexity index is 658. The van der Waals surface area contributed by atoms with E-state index in [1.807, 2.05) is 38.2 Å². The van der Waals surface area contributed by atoms with E-state index in [1.54, 1.807) is 0 Å². The van der Waals surface area contributed by atoms with Crippen LogP contribution in [0.5, 0.6) is 0 Å². The molecule has 1 aromatic carbocycles. The first-order valence-corrected chi connectivity index (χ1v) is 7.57. The Labute approximate surface area is 130 Å². The molecule has 2 aliphatic rings. The molecule has 0 atom stereocenters. The van der Waals surface area contributed by atoms with Gasteiger partial charge in [0.05, 0.1) is 30.2 Å². The lowest BCUT2D eigenvalue weighted by Gasteiger charge is -2.25. The number of hydrogen-bond acceptors (Lipinski definition) is 4. The summed E-state index contributed by atoms with van der Waals surface area (Å²) in [6.45, 7) is 9.01. The van der Waals surface area contributed by atoms with E-state index in [4.69, 9.17) is 4.74 Å². The maximum Gasteiger partial charge on any atom is 0.282 e. The van der Waals surface area contributed by atoms with Crippen LogP contribution in [0.4, 0.5) is 5.69 Å². The number of aryl methyl sites for hydroxylation is 2. The molecule has 5 nitrogen and oxygen atoms in total. The standard InChI is InChI=1S/C17H21N3O2/c1-12-4-5-15(10-13(12)2)20-17(21)16(14(3)18-20)11-19-6-8-22-9-7-19/h4-5,10-11H,6-9H2,1-3H3/b16-11+. The van der Waals surface area contributed by atoms with Crippen molar-refractivity contribution in [2.75, 3.05) is 31.3 Å². The van der Waals surface area contributed by atoms with Gasteiger partial charge < -0.3 is 9.64 Å². The summed E-state index contributed by atoms with van der Waals surface area (Å²) in [5.41, 5.74) is 4.61. The van der Waals surface area contributed by atoms with Crippen molar-refractivity contribution < 1.29 is 9.53 Å². The third kappa shape index (κ3) is 2.76. The zero-order valence-corrected chi connectivity index (χ0v) is 13.3. The minimum absolute atomic E-state index is 0.0627. The summed E-state index contributed by atoms with van der Waals surface area (Å²) in [6.07, 6.45) is 1.92. The molecule has 1 aromatic rings. The Morgan fingerprint density at radius 1 is 1.14 bits per heavy atom. The molecule has 1 saturated heterocycles. The van der Waals surface area contributed by atoms with Crippen LogP contribution in [-0.2, 0) is 9.53 Å². The molecule has 2 heterocycles. The smallest absolute Gasteiger partial charge is 0.282 e. The van der Waals surface area contributed by atoms with Crippen molar-refractivity contribution >= 4 is 17.3 Å². The molecule has 22 heavy (non-hydrogen) atoms. The van der Waals surface area contributed by atoms with Gasteiger partial charge >= 0.3 is 0 Å². The molecular formula is C17H21N3O2. The second-order valence-corrected chi connectivity index (χ2v) is 5.76. The topological polar surface area (TPSA) is 45.1 Å². The van der Waals surface area contributed by atoms with Crippen LogP contribution in [0.25, 0.3) is 0 Å². The van der Waals surface area contributed by atoms with E-state index in [9.17, 15) is 4.79 Å². The van der Waals surface area contributed by atoms with Crippen LogP contribution < -0.4 is 5.01 Å². The number of nitrogens with zero attached hydrogens (tertiary/aromatic N) is 3. The van der Waals surface area contributed by atoms with Crippen molar-refractivity contribution in [3.05, 3.63) is 41.1 Å². The minimum atomic E-state index is -0.0627. The van der Waals surface area contributed by atoms with Gasteiger partial charge in [0.2, 0.25) is 0 Å². The van der Waals surface area contributed by atoms with Crippen molar-refractivity contribution in [3.63, 3.8) is 0 Å². The van der Waals surface area contributed by atoms with Gasteiger partial charge in [-0.05, 0) is 44.0 Å². The summed E-state index contributed by atoms with van der Waals surface area (Å²) in [5.74, 6) is -0.0627. The predicted molar refractivity (Wildman–Crippen MR) is 87.0 cm³/mol. The van der Waals surface area contributed by atoms with Gasteiger partial charge in [0.1, 0.15) is 0 Å². The van der Waals surface area contributed by atoms with Gasteiger partial charge in [-0.1, -0.05) is 6.07 Å². The maximum absolute atomic E-state index is 12.7. The third-order valence-electron chi connectivity index (χ3n) is 4.15. The van der Waals surface area contributed by atoms with E-state index >= 15 is 0 Å². The number of benzene rings is 1. The lowest BCUT2D eigenvalue weighted by molar-refractivity contribution is -0.114. The maximum atomic E-state index is 12.7. The van der Waals surface area contributed by atoms with Crippen LogP contribution in [0.2, 0.25) is 0 Å². The molecule has 1 fully saturated rings. The summed E-state index contributed by atoms with van der Waals surface area (Å²) in [6, 6.07) is 5.96. The zero-order valence-electron chi connectivity index (χ0n) is 13.3. The van der Waals surface area contributed by atoms with Crippen LogP contribution in [-0.4, -0.2) is 42.8 Å². The molecule has 3 rings (SSSR count). The SMILES string of the molecule is CC1=NN(c2ccc(C)c(C)c2)C(=O)/C1=C/N1CCOCC1. The summed E-state index contributed by atoms with van der Waals surface area (Å²) >= 11 is 0. The number of amides is 1. The number of morpholine rings is 1. The number of hydrogen-bond donors (Lipinski definition) is 0. The summed E-state index contributed by atoms with van der Waals surface area (Å²) in [4.78, 5) is 14.8. The van der Waals surface area contributed by atoms with Crippen LogP contribution in [0, 0.1) is 13.8 Å². The highest BCUT2D eigenvalue weighted by Crippen LogP contribution is 2.25. The average Bonchev–Trinajstić information content (AvgIpc) is 2.79. The summed E-state index contributed by atoms with van der Waals surface area (Å²) in [5, 5.41) is 5.93. The Kier molecular flexibility index (Phi) is 3.98. The average molecular weight is 299 g/mol. The third-order valence-corrected chi connectivity index (χ3v) is 4.15. The normalized spacial score (nSPS) is 20.8. The van der Waals surface area contributed by atoms with E-state index < -0.39 is 0 Å². The van der Waals surface area contributed by atoms with Crippen LogP contribution in [0.3, 0.4) is 0 Å². The quantitative estimate of drug-likeness (QED) is 0.787. The molecular weight excluding hydrogens is 278 g/mol. The number of carbonyl (C=O) groups excluding carboxylic acids is 1. The second-order valence-electron chi connectivity index (χ2n) is 5.76. The summed E-state index contributed by atoms with van der Waals surface area (Å²) < 4.78 is 5.34. The molecule has 0 bridgehead atoms. The molecule has 0 aliphatic carbocycles. The second kappa shape index (κ2) is 5.93.